The minimum atomic E-state index is -1.02. The van der Waals surface area contributed by atoms with Gasteiger partial charge in [-0.15, -0.1) is 0 Å². The predicted octanol–water partition coefficient (Wildman–Crippen LogP) is 2.50. The van der Waals surface area contributed by atoms with Gasteiger partial charge in [-0.2, -0.15) is 10.2 Å². The third kappa shape index (κ3) is 4.31. The Morgan fingerprint density at radius 2 is 2.12 bits per heavy atom. The van der Waals surface area contributed by atoms with E-state index in [4.69, 9.17) is 15.8 Å². The normalized spacial score (nSPS) is 22.3. The molecule has 2 N–H and O–H groups in total. The van der Waals surface area contributed by atoms with Crippen molar-refractivity contribution in [2.24, 2.45) is 5.73 Å². The van der Waals surface area contributed by atoms with Gasteiger partial charge in [0.1, 0.15) is 17.7 Å². The van der Waals surface area contributed by atoms with Gasteiger partial charge in [-0.1, -0.05) is 0 Å². The number of aryl methyl sites for hydroxylation is 1. The Morgan fingerprint density at radius 3 is 2.88 bits per heavy atom. The number of fused-ring (bicyclic) bond motifs is 1. The van der Waals surface area contributed by atoms with Crippen LogP contribution in [0.2, 0.25) is 0 Å². The number of carbonyl (C=O) groups is 1. The van der Waals surface area contributed by atoms with Gasteiger partial charge in [0, 0.05) is 49.7 Å². The van der Waals surface area contributed by atoms with Crippen LogP contribution in [-0.4, -0.2) is 67.0 Å². The smallest absolute Gasteiger partial charge is 0.274 e. The molecule has 2 aliphatic heterocycles. The largest absolute Gasteiger partial charge is 0.355 e. The molecule has 5 heterocycles. The maximum absolute atomic E-state index is 13.3. The number of nitrogens with zero attached hydrogens (tertiary/aromatic N) is 7. The highest BCUT2D eigenvalue weighted by Crippen LogP contribution is 2.32. The Morgan fingerprint density at radius 1 is 1.27 bits per heavy atom. The van der Waals surface area contributed by atoms with Gasteiger partial charge in [0.25, 0.3) is 5.91 Å². The summed E-state index contributed by atoms with van der Waals surface area (Å²) in [7, 11) is 0. The summed E-state index contributed by atoms with van der Waals surface area (Å²) < 4.78 is 16.6. The van der Waals surface area contributed by atoms with E-state index in [2.05, 4.69) is 10.00 Å². The molecule has 33 heavy (non-hydrogen) atoms. The van der Waals surface area contributed by atoms with Crippen molar-refractivity contribution in [3.63, 3.8) is 0 Å². The van der Waals surface area contributed by atoms with Crippen LogP contribution in [0, 0.1) is 6.92 Å². The maximum atomic E-state index is 13.3. The summed E-state index contributed by atoms with van der Waals surface area (Å²) in [6.45, 7) is 6.02. The molecule has 3 atom stereocenters. The van der Waals surface area contributed by atoms with Gasteiger partial charge in [0.15, 0.2) is 5.65 Å². The Kier molecular flexibility index (Phi) is 5.77. The van der Waals surface area contributed by atoms with Crippen molar-refractivity contribution in [1.82, 2.24) is 29.3 Å². The van der Waals surface area contributed by atoms with E-state index < -0.39 is 6.17 Å². The van der Waals surface area contributed by atoms with Crippen LogP contribution in [0.5, 0.6) is 0 Å². The molecule has 2 saturated heterocycles. The lowest BCUT2D eigenvalue weighted by molar-refractivity contribution is 0.0598. The molecule has 3 aromatic heterocycles. The minimum Gasteiger partial charge on any atom is -0.355 e. The average molecular weight is 455 g/mol. The van der Waals surface area contributed by atoms with Crippen LogP contribution in [0.4, 0.5) is 10.2 Å². The monoisotopic (exact) mass is 454 g/mol. The third-order valence-electron chi connectivity index (χ3n) is 6.55. The van der Waals surface area contributed by atoms with Gasteiger partial charge in [0.05, 0.1) is 18.3 Å². The summed E-state index contributed by atoms with van der Waals surface area (Å²) in [5.74, 6) is 0.809. The van der Waals surface area contributed by atoms with E-state index in [0.717, 1.165) is 61.5 Å². The van der Waals surface area contributed by atoms with Gasteiger partial charge in [-0.25, -0.2) is 13.9 Å². The van der Waals surface area contributed by atoms with E-state index in [9.17, 15) is 9.18 Å². The van der Waals surface area contributed by atoms with Crippen LogP contribution in [0.15, 0.2) is 24.5 Å². The molecule has 1 amide bonds. The van der Waals surface area contributed by atoms with E-state index >= 15 is 0 Å². The summed E-state index contributed by atoms with van der Waals surface area (Å²) in [5.41, 5.74) is 9.09. The number of aromatic nitrogens is 5. The van der Waals surface area contributed by atoms with Crippen molar-refractivity contribution in [2.75, 3.05) is 24.5 Å². The molecule has 176 valence electrons. The topological polar surface area (TPSA) is 97.6 Å². The number of rotatable bonds is 5. The first kappa shape index (κ1) is 21.8. The highest BCUT2D eigenvalue weighted by atomic mass is 19.1. The number of halogens is 1. The highest BCUT2D eigenvalue weighted by Gasteiger charge is 2.32. The number of amides is 1. The van der Waals surface area contributed by atoms with E-state index in [1.54, 1.807) is 16.8 Å². The number of carbonyl (C=O) groups excluding carboxylic acids is 1. The second-order valence-electron chi connectivity index (χ2n) is 9.33. The molecule has 1 unspecified atom stereocenters. The summed E-state index contributed by atoms with van der Waals surface area (Å²) in [6.07, 6.45) is 6.41. The zero-order valence-electron chi connectivity index (χ0n) is 19.2. The molecule has 0 spiro atoms. The second-order valence-corrected chi connectivity index (χ2v) is 9.33. The number of nitrogens with two attached hydrogens (primary N) is 1. The Balaban J connectivity index is 1.42. The lowest BCUT2D eigenvalue weighted by Crippen LogP contribution is -2.39. The molecule has 2 aliphatic rings. The molecule has 9 nitrogen and oxygen atoms in total. The quantitative estimate of drug-likeness (QED) is 0.636. The van der Waals surface area contributed by atoms with Crippen LogP contribution >= 0.6 is 0 Å². The van der Waals surface area contributed by atoms with Crippen molar-refractivity contribution in [3.05, 3.63) is 41.5 Å². The van der Waals surface area contributed by atoms with Crippen molar-refractivity contribution < 1.29 is 9.18 Å². The molecule has 0 aromatic carbocycles. The van der Waals surface area contributed by atoms with Crippen molar-refractivity contribution >= 4 is 17.4 Å². The van der Waals surface area contributed by atoms with Crippen molar-refractivity contribution in [2.45, 2.75) is 64.3 Å². The van der Waals surface area contributed by atoms with Gasteiger partial charge >= 0.3 is 0 Å². The van der Waals surface area contributed by atoms with Crippen LogP contribution in [0.1, 0.15) is 60.4 Å². The zero-order chi connectivity index (χ0) is 23.1. The summed E-state index contributed by atoms with van der Waals surface area (Å²) >= 11 is 0. The van der Waals surface area contributed by atoms with E-state index in [1.165, 1.54) is 11.6 Å². The van der Waals surface area contributed by atoms with Crippen LogP contribution in [0.25, 0.3) is 5.65 Å². The number of hydrogen-bond donors (Lipinski definition) is 1. The van der Waals surface area contributed by atoms with Crippen molar-refractivity contribution in [3.8, 4) is 0 Å². The fraction of sp³-hybridized carbons (Fsp3) is 0.565. The first-order chi connectivity index (χ1) is 15.9. The molecule has 10 heteroatoms. The molecular weight excluding hydrogens is 423 g/mol. The fourth-order valence-electron chi connectivity index (χ4n) is 4.95. The standard InChI is InChI=1S/C23H31FN8O/c1-15-12-32-21(26-22(15)29-9-6-17(25)14-29)11-19(28-32)20-5-3-4-8-31(20)23(33)18-7-10-30(27-18)13-16(2)24/h7,10-12,16-17,20H,3-6,8-9,13-14,25H2,1-2H3/t16?,17-,20-/m0/s1. The van der Waals surface area contributed by atoms with E-state index in [-0.39, 0.29) is 24.5 Å². The maximum Gasteiger partial charge on any atom is 0.274 e. The number of alkyl halides is 1. The lowest BCUT2D eigenvalue weighted by atomic mass is 9.99. The van der Waals surface area contributed by atoms with E-state index in [1.807, 2.05) is 24.1 Å². The molecule has 0 saturated carbocycles. The first-order valence-corrected chi connectivity index (χ1v) is 11.7. The fourth-order valence-corrected chi connectivity index (χ4v) is 4.95. The second kappa shape index (κ2) is 8.74. The SMILES string of the molecule is Cc1cn2nc([C@@H]3CCCCN3C(=O)c3ccn(CC(C)F)n3)cc2nc1N1CC[C@H](N)C1. The van der Waals surface area contributed by atoms with E-state index in [0.29, 0.717) is 12.2 Å². The average Bonchev–Trinajstić information content (AvgIpc) is 3.52. The lowest BCUT2D eigenvalue weighted by Gasteiger charge is -2.34. The molecular formula is C23H31FN8O. The molecule has 0 radical (unpaired) electrons. The number of anilines is 1. The van der Waals surface area contributed by atoms with Gasteiger partial charge in [0.2, 0.25) is 0 Å². The first-order valence-electron chi connectivity index (χ1n) is 11.7. The molecule has 5 rings (SSSR count). The minimum absolute atomic E-state index is 0.137. The zero-order valence-corrected chi connectivity index (χ0v) is 19.2. The molecule has 3 aromatic rings. The number of likely N-dealkylation sites (tertiary alicyclic amines) is 1. The summed E-state index contributed by atoms with van der Waals surface area (Å²) in [4.78, 5) is 22.3. The number of piperidine rings is 1. The Labute approximate surface area is 192 Å². The summed E-state index contributed by atoms with van der Waals surface area (Å²) in [6, 6.07) is 3.69. The van der Waals surface area contributed by atoms with Gasteiger partial charge in [-0.05, 0) is 45.6 Å². The predicted molar refractivity (Wildman–Crippen MR) is 123 cm³/mol. The Bertz CT molecular complexity index is 1150. The highest BCUT2D eigenvalue weighted by molar-refractivity contribution is 5.92. The summed E-state index contributed by atoms with van der Waals surface area (Å²) in [5, 5.41) is 9.09. The van der Waals surface area contributed by atoms with Crippen LogP contribution < -0.4 is 10.6 Å². The third-order valence-corrected chi connectivity index (χ3v) is 6.55. The van der Waals surface area contributed by atoms with Crippen molar-refractivity contribution in [1.29, 1.82) is 0 Å². The number of hydrogen-bond acceptors (Lipinski definition) is 6. The van der Waals surface area contributed by atoms with Crippen LogP contribution in [-0.2, 0) is 6.54 Å². The molecule has 0 bridgehead atoms. The molecule has 2 fully saturated rings. The molecule has 0 aliphatic carbocycles. The van der Waals surface area contributed by atoms with Gasteiger partial charge in [-0.3, -0.25) is 9.48 Å². The van der Waals surface area contributed by atoms with Gasteiger partial charge < -0.3 is 15.5 Å². The Hall–Kier alpha value is -3.01. The van der Waals surface area contributed by atoms with Crippen LogP contribution in [0.3, 0.4) is 0 Å².